The van der Waals surface area contributed by atoms with Crippen LogP contribution in [0.3, 0.4) is 0 Å². The quantitative estimate of drug-likeness (QED) is 0.503. The molecule has 1 aliphatic rings. The molecule has 0 spiro atoms. The molecule has 1 N–H and O–H groups in total. The lowest BCUT2D eigenvalue weighted by atomic mass is 10.5. The van der Waals surface area contributed by atoms with Crippen molar-refractivity contribution in [1.29, 1.82) is 0 Å². The van der Waals surface area contributed by atoms with Crippen LogP contribution in [0.15, 0.2) is 12.2 Å². The highest BCUT2D eigenvalue weighted by atomic mass is 16.3. The third-order valence-electron chi connectivity index (χ3n) is 1.31. The molecule has 1 rings (SSSR count). The average Bonchev–Trinajstić information content (AvgIpc) is 2.19. The summed E-state index contributed by atoms with van der Waals surface area (Å²) in [6, 6.07) is 0. The van der Waals surface area contributed by atoms with Gasteiger partial charge in [0.15, 0.2) is 0 Å². The Hall–Kier alpha value is -0.340. The van der Waals surface area contributed by atoms with Crippen LogP contribution in [0.5, 0.6) is 0 Å². The van der Waals surface area contributed by atoms with Gasteiger partial charge in [0.25, 0.3) is 0 Å². The maximum atomic E-state index is 8.46. The second-order valence-corrected chi connectivity index (χ2v) is 1.95. The summed E-state index contributed by atoms with van der Waals surface area (Å²) in [5, 5.41) is 8.46. The molecule has 0 atom stereocenters. The molecule has 0 aromatic heterocycles. The van der Waals surface area contributed by atoms with Crippen LogP contribution in [0.1, 0.15) is 0 Å². The van der Waals surface area contributed by atoms with E-state index in [1.165, 1.54) is 0 Å². The van der Waals surface area contributed by atoms with Gasteiger partial charge in [-0.15, -0.1) is 0 Å². The molecule has 0 saturated carbocycles. The summed E-state index contributed by atoms with van der Waals surface area (Å²) in [5.41, 5.74) is 0. The van der Waals surface area contributed by atoms with E-state index in [2.05, 4.69) is 17.1 Å². The number of rotatable bonds is 2. The van der Waals surface area contributed by atoms with Gasteiger partial charge in [-0.25, -0.2) is 0 Å². The summed E-state index contributed by atoms with van der Waals surface area (Å²) in [6.45, 7) is 3.12. The van der Waals surface area contributed by atoms with Gasteiger partial charge in [-0.1, -0.05) is 12.2 Å². The summed E-state index contributed by atoms with van der Waals surface area (Å²) >= 11 is 0. The lowest BCUT2D eigenvalue weighted by Crippen LogP contribution is -2.23. The number of β-amino-alcohol motifs (C(OH)–C–C–N with tert-alkyl or cyclic N) is 1. The topological polar surface area (TPSA) is 23.5 Å². The first-order valence-corrected chi connectivity index (χ1v) is 2.91. The SMILES string of the molecule is OCCN1CC=CC1. The maximum absolute atomic E-state index is 8.46. The Labute approximate surface area is 49.4 Å². The zero-order valence-corrected chi connectivity index (χ0v) is 4.88. The van der Waals surface area contributed by atoms with Gasteiger partial charge in [-0.2, -0.15) is 0 Å². The fourth-order valence-corrected chi connectivity index (χ4v) is 0.846. The molecule has 2 heteroatoms. The Morgan fingerprint density at radius 3 is 2.50 bits per heavy atom. The van der Waals surface area contributed by atoms with Crippen molar-refractivity contribution in [2.24, 2.45) is 0 Å². The zero-order chi connectivity index (χ0) is 5.82. The van der Waals surface area contributed by atoms with Crippen molar-refractivity contribution in [3.8, 4) is 0 Å². The molecule has 0 amide bonds. The van der Waals surface area contributed by atoms with Crippen LogP contribution in [0, 0.1) is 0 Å². The number of aliphatic hydroxyl groups excluding tert-OH is 1. The first-order valence-electron chi connectivity index (χ1n) is 2.91. The molecule has 0 aromatic carbocycles. The summed E-state index contributed by atoms with van der Waals surface area (Å²) in [4.78, 5) is 2.18. The monoisotopic (exact) mass is 113 g/mol. The molecule has 46 valence electrons. The zero-order valence-electron chi connectivity index (χ0n) is 4.88. The highest BCUT2D eigenvalue weighted by Gasteiger charge is 2.02. The second kappa shape index (κ2) is 2.84. The standard InChI is InChI=1S/C6H11NO/c8-6-5-7-3-1-2-4-7/h1-2,8H,3-6H2. The van der Waals surface area contributed by atoms with E-state index < -0.39 is 0 Å². The van der Waals surface area contributed by atoms with Gasteiger partial charge >= 0.3 is 0 Å². The number of nitrogens with zero attached hydrogens (tertiary/aromatic N) is 1. The molecule has 1 heterocycles. The molecule has 0 aromatic rings. The molecule has 0 saturated heterocycles. The Bertz CT molecular complexity index is 82.5. The van der Waals surface area contributed by atoms with Gasteiger partial charge < -0.3 is 5.11 Å². The van der Waals surface area contributed by atoms with Crippen molar-refractivity contribution in [3.63, 3.8) is 0 Å². The van der Waals surface area contributed by atoms with Crippen molar-refractivity contribution >= 4 is 0 Å². The molecule has 0 unspecified atom stereocenters. The van der Waals surface area contributed by atoms with Gasteiger partial charge in [0.05, 0.1) is 6.61 Å². The van der Waals surface area contributed by atoms with E-state index in [-0.39, 0.29) is 6.61 Å². The van der Waals surface area contributed by atoms with E-state index in [0.29, 0.717) is 0 Å². The normalized spacial score (nSPS) is 20.1. The van der Waals surface area contributed by atoms with Crippen LogP contribution in [-0.4, -0.2) is 36.2 Å². The van der Waals surface area contributed by atoms with Crippen molar-refractivity contribution in [1.82, 2.24) is 4.90 Å². The second-order valence-electron chi connectivity index (χ2n) is 1.95. The molecule has 0 bridgehead atoms. The van der Waals surface area contributed by atoms with E-state index in [1.54, 1.807) is 0 Å². The van der Waals surface area contributed by atoms with E-state index in [4.69, 9.17) is 5.11 Å². The van der Waals surface area contributed by atoms with E-state index in [1.807, 2.05) is 0 Å². The van der Waals surface area contributed by atoms with Gasteiger partial charge in [0.2, 0.25) is 0 Å². The van der Waals surface area contributed by atoms with Crippen LogP contribution >= 0.6 is 0 Å². The fourth-order valence-electron chi connectivity index (χ4n) is 0.846. The highest BCUT2D eigenvalue weighted by molar-refractivity contribution is 4.94. The third-order valence-corrected chi connectivity index (χ3v) is 1.31. The smallest absolute Gasteiger partial charge is 0.0558 e. The minimum atomic E-state index is 0.279. The molecular weight excluding hydrogens is 102 g/mol. The summed E-state index contributed by atoms with van der Waals surface area (Å²) in [5.74, 6) is 0. The van der Waals surface area contributed by atoms with Crippen LogP contribution in [-0.2, 0) is 0 Å². The minimum absolute atomic E-state index is 0.279. The minimum Gasteiger partial charge on any atom is -0.395 e. The molecule has 0 aliphatic carbocycles. The number of hydrogen-bond acceptors (Lipinski definition) is 2. The fraction of sp³-hybridized carbons (Fsp3) is 0.667. The Balaban J connectivity index is 2.10. The molecular formula is C6H11NO. The molecule has 0 fully saturated rings. The van der Waals surface area contributed by atoms with Crippen LogP contribution in [0.4, 0.5) is 0 Å². The van der Waals surface area contributed by atoms with Crippen molar-refractivity contribution in [2.75, 3.05) is 26.2 Å². The van der Waals surface area contributed by atoms with Gasteiger partial charge in [-0.3, -0.25) is 4.90 Å². The van der Waals surface area contributed by atoms with Crippen molar-refractivity contribution < 1.29 is 5.11 Å². The van der Waals surface area contributed by atoms with Crippen LogP contribution in [0.2, 0.25) is 0 Å². The van der Waals surface area contributed by atoms with E-state index >= 15 is 0 Å². The summed E-state index contributed by atoms with van der Waals surface area (Å²) in [7, 11) is 0. The average molecular weight is 113 g/mol. The third kappa shape index (κ3) is 1.32. The lowest BCUT2D eigenvalue weighted by molar-refractivity contribution is 0.226. The van der Waals surface area contributed by atoms with Gasteiger partial charge in [0, 0.05) is 19.6 Å². The molecule has 8 heavy (non-hydrogen) atoms. The summed E-state index contributed by atoms with van der Waals surface area (Å²) in [6.07, 6.45) is 4.24. The van der Waals surface area contributed by atoms with Gasteiger partial charge in [-0.05, 0) is 0 Å². The lowest BCUT2D eigenvalue weighted by Gasteiger charge is -2.10. The Morgan fingerprint density at radius 2 is 2.00 bits per heavy atom. The van der Waals surface area contributed by atoms with E-state index in [9.17, 15) is 0 Å². The van der Waals surface area contributed by atoms with Crippen molar-refractivity contribution in [2.45, 2.75) is 0 Å². The Morgan fingerprint density at radius 1 is 1.38 bits per heavy atom. The largest absolute Gasteiger partial charge is 0.395 e. The van der Waals surface area contributed by atoms with E-state index in [0.717, 1.165) is 19.6 Å². The maximum Gasteiger partial charge on any atom is 0.0558 e. The number of aliphatic hydroxyl groups is 1. The van der Waals surface area contributed by atoms with Crippen LogP contribution < -0.4 is 0 Å². The highest BCUT2D eigenvalue weighted by Crippen LogP contribution is 1.95. The number of hydrogen-bond donors (Lipinski definition) is 1. The molecule has 2 nitrogen and oxygen atoms in total. The first-order chi connectivity index (χ1) is 3.93. The predicted octanol–water partition coefficient (Wildman–Crippen LogP) is -0.150. The van der Waals surface area contributed by atoms with Crippen LogP contribution in [0.25, 0.3) is 0 Å². The summed E-state index contributed by atoms with van der Waals surface area (Å²) < 4.78 is 0. The Kier molecular flexibility index (Phi) is 2.06. The molecule has 0 radical (unpaired) electrons. The first kappa shape index (κ1) is 5.79. The predicted molar refractivity (Wildman–Crippen MR) is 32.7 cm³/mol. The molecule has 1 aliphatic heterocycles. The van der Waals surface area contributed by atoms with Crippen molar-refractivity contribution in [3.05, 3.63) is 12.2 Å². The van der Waals surface area contributed by atoms with Gasteiger partial charge in [0.1, 0.15) is 0 Å².